The van der Waals surface area contributed by atoms with E-state index in [2.05, 4.69) is 24.3 Å². The summed E-state index contributed by atoms with van der Waals surface area (Å²) < 4.78 is 0. The normalized spacial score (nSPS) is 11.1. The maximum absolute atomic E-state index is 6.17. The number of hydrogen-bond acceptors (Lipinski definition) is 2. The lowest BCUT2D eigenvalue weighted by atomic mass is 9.88. The zero-order valence-corrected chi connectivity index (χ0v) is 14.6. The summed E-state index contributed by atoms with van der Waals surface area (Å²) in [6, 6.07) is 30.4. The summed E-state index contributed by atoms with van der Waals surface area (Å²) in [5, 5.41) is 3.13. The van der Waals surface area contributed by atoms with E-state index in [0.717, 1.165) is 44.0 Å². The summed E-state index contributed by atoms with van der Waals surface area (Å²) in [4.78, 5) is 9.83. The first-order valence-corrected chi connectivity index (χ1v) is 8.91. The summed E-state index contributed by atoms with van der Waals surface area (Å²) in [5.41, 5.74) is 4.71. The molecule has 1 heterocycles. The van der Waals surface area contributed by atoms with Crippen LogP contribution in [-0.4, -0.2) is 17.8 Å². The van der Waals surface area contributed by atoms with E-state index in [4.69, 9.17) is 17.8 Å². The Bertz CT molecular complexity index is 1280. The number of hydrogen-bond donors (Lipinski definition) is 0. The molecule has 0 amide bonds. The first-order chi connectivity index (χ1) is 13.3. The van der Waals surface area contributed by atoms with Gasteiger partial charge in [-0.2, -0.15) is 0 Å². The highest BCUT2D eigenvalue weighted by Crippen LogP contribution is 2.31. The van der Waals surface area contributed by atoms with Crippen LogP contribution in [0.15, 0.2) is 91.0 Å². The van der Waals surface area contributed by atoms with Crippen molar-refractivity contribution < 1.29 is 0 Å². The predicted molar refractivity (Wildman–Crippen MR) is 113 cm³/mol. The first-order valence-electron chi connectivity index (χ1n) is 8.91. The fourth-order valence-electron chi connectivity index (χ4n) is 3.53. The van der Waals surface area contributed by atoms with Gasteiger partial charge in [-0.15, -0.1) is 0 Å². The smallest absolute Gasteiger partial charge is 0.161 e. The Kier molecular flexibility index (Phi) is 3.72. The van der Waals surface area contributed by atoms with Crippen LogP contribution >= 0.6 is 0 Å². The average molecular weight is 342 g/mol. The van der Waals surface area contributed by atoms with Gasteiger partial charge < -0.3 is 0 Å². The molecule has 27 heavy (non-hydrogen) atoms. The summed E-state index contributed by atoms with van der Waals surface area (Å²) in [7, 11) is 6.17. The summed E-state index contributed by atoms with van der Waals surface area (Å²) >= 11 is 0. The number of para-hydroxylation sites is 1. The van der Waals surface area contributed by atoms with Gasteiger partial charge in [0.2, 0.25) is 0 Å². The van der Waals surface area contributed by atoms with E-state index in [-0.39, 0.29) is 0 Å². The molecule has 0 fully saturated rings. The lowest BCUT2D eigenvalue weighted by molar-refractivity contribution is 1.23. The van der Waals surface area contributed by atoms with E-state index < -0.39 is 0 Å². The minimum atomic E-state index is 0.712. The van der Waals surface area contributed by atoms with Crippen LogP contribution < -0.4 is 5.46 Å². The van der Waals surface area contributed by atoms with Crippen LogP contribution in [0.5, 0.6) is 0 Å². The molecule has 0 saturated heterocycles. The van der Waals surface area contributed by atoms with Crippen LogP contribution in [0, 0.1) is 0 Å². The zero-order valence-electron chi connectivity index (χ0n) is 14.6. The quantitative estimate of drug-likeness (QED) is 0.426. The van der Waals surface area contributed by atoms with E-state index in [1.54, 1.807) is 0 Å². The Morgan fingerprint density at radius 2 is 1.22 bits per heavy atom. The monoisotopic (exact) mass is 342 g/mol. The van der Waals surface area contributed by atoms with Crippen molar-refractivity contribution in [1.82, 2.24) is 9.97 Å². The Labute approximate surface area is 159 Å². The highest BCUT2D eigenvalue weighted by atomic mass is 14.9. The van der Waals surface area contributed by atoms with Gasteiger partial charge >= 0.3 is 0 Å². The van der Waals surface area contributed by atoms with Crippen LogP contribution in [0.3, 0.4) is 0 Å². The SMILES string of the molecule is [B]c1ccc(-c2nc(-c3ccccc3)c3ccccc3n2)c2ccccc12. The molecular weight excluding hydrogens is 327 g/mol. The van der Waals surface area contributed by atoms with Gasteiger partial charge in [-0.05, 0) is 16.8 Å². The molecule has 0 aliphatic heterocycles. The van der Waals surface area contributed by atoms with Crippen molar-refractivity contribution in [3.05, 3.63) is 91.0 Å². The third kappa shape index (κ3) is 2.68. The Morgan fingerprint density at radius 1 is 0.556 bits per heavy atom. The average Bonchev–Trinajstić information content (AvgIpc) is 2.74. The molecule has 0 atom stereocenters. The highest BCUT2D eigenvalue weighted by Gasteiger charge is 2.13. The third-order valence-corrected chi connectivity index (χ3v) is 4.85. The second kappa shape index (κ2) is 6.37. The molecule has 0 aliphatic carbocycles. The molecule has 3 heteroatoms. The molecule has 2 nitrogen and oxygen atoms in total. The molecule has 0 saturated carbocycles. The maximum Gasteiger partial charge on any atom is 0.161 e. The topological polar surface area (TPSA) is 25.8 Å². The van der Waals surface area contributed by atoms with E-state index in [0.29, 0.717) is 5.82 Å². The van der Waals surface area contributed by atoms with Crippen LogP contribution in [0.25, 0.3) is 44.3 Å². The molecular formula is C24H15BN2. The van der Waals surface area contributed by atoms with Crippen molar-refractivity contribution in [1.29, 1.82) is 0 Å². The van der Waals surface area contributed by atoms with E-state index >= 15 is 0 Å². The molecule has 124 valence electrons. The van der Waals surface area contributed by atoms with Gasteiger partial charge in [-0.1, -0.05) is 90.4 Å². The molecule has 4 aromatic carbocycles. The number of nitrogens with zero attached hydrogens (tertiary/aromatic N) is 2. The maximum atomic E-state index is 6.17. The molecule has 0 spiro atoms. The minimum absolute atomic E-state index is 0.712. The number of benzene rings is 4. The van der Waals surface area contributed by atoms with Gasteiger partial charge in [-0.25, -0.2) is 9.97 Å². The van der Waals surface area contributed by atoms with E-state index in [1.165, 1.54) is 0 Å². The summed E-state index contributed by atoms with van der Waals surface area (Å²) in [5.74, 6) is 0.712. The third-order valence-electron chi connectivity index (χ3n) is 4.85. The minimum Gasteiger partial charge on any atom is -0.228 e. The number of fused-ring (bicyclic) bond motifs is 2. The van der Waals surface area contributed by atoms with Gasteiger partial charge in [0.15, 0.2) is 5.82 Å². The van der Waals surface area contributed by atoms with Gasteiger partial charge in [0.1, 0.15) is 7.85 Å². The molecule has 0 unspecified atom stereocenters. The van der Waals surface area contributed by atoms with Crippen LogP contribution in [0.1, 0.15) is 0 Å². The second-order valence-corrected chi connectivity index (χ2v) is 6.53. The summed E-state index contributed by atoms with van der Waals surface area (Å²) in [6.45, 7) is 0. The van der Waals surface area contributed by atoms with Crippen LogP contribution in [-0.2, 0) is 0 Å². The lowest BCUT2D eigenvalue weighted by Crippen LogP contribution is -2.04. The van der Waals surface area contributed by atoms with Crippen molar-refractivity contribution in [2.24, 2.45) is 0 Å². The Morgan fingerprint density at radius 3 is 2.04 bits per heavy atom. The Hall–Kier alpha value is -3.46. The molecule has 0 bridgehead atoms. The molecule has 5 aromatic rings. The Balaban J connectivity index is 1.85. The van der Waals surface area contributed by atoms with Crippen LogP contribution in [0.2, 0.25) is 0 Å². The standard InChI is InChI=1S/C24H15BN2/c25-21-15-14-19(17-10-4-5-11-18(17)21)24-26-22-13-7-6-12-20(22)23(27-24)16-8-2-1-3-9-16/h1-15H. The second-order valence-electron chi connectivity index (χ2n) is 6.53. The van der Waals surface area contributed by atoms with Crippen molar-refractivity contribution >= 4 is 35.0 Å². The summed E-state index contributed by atoms with van der Waals surface area (Å²) in [6.07, 6.45) is 0. The van der Waals surface area contributed by atoms with Crippen molar-refractivity contribution in [3.63, 3.8) is 0 Å². The predicted octanol–water partition coefficient (Wildman–Crippen LogP) is 4.91. The number of rotatable bonds is 2. The van der Waals surface area contributed by atoms with Gasteiger partial charge in [0.05, 0.1) is 11.2 Å². The molecule has 2 radical (unpaired) electrons. The van der Waals surface area contributed by atoms with Crippen LogP contribution in [0.4, 0.5) is 0 Å². The van der Waals surface area contributed by atoms with Crippen molar-refractivity contribution in [2.75, 3.05) is 0 Å². The van der Waals surface area contributed by atoms with Gasteiger partial charge in [-0.3, -0.25) is 0 Å². The van der Waals surface area contributed by atoms with Gasteiger partial charge in [0, 0.05) is 16.5 Å². The number of aromatic nitrogens is 2. The fourth-order valence-corrected chi connectivity index (χ4v) is 3.53. The fraction of sp³-hybridized carbons (Fsp3) is 0. The molecule has 5 rings (SSSR count). The zero-order chi connectivity index (χ0) is 18.2. The first kappa shape index (κ1) is 15.8. The lowest BCUT2D eigenvalue weighted by Gasteiger charge is -2.12. The molecule has 0 N–H and O–H groups in total. The van der Waals surface area contributed by atoms with E-state index in [1.807, 2.05) is 66.7 Å². The largest absolute Gasteiger partial charge is 0.228 e. The van der Waals surface area contributed by atoms with Gasteiger partial charge in [0.25, 0.3) is 0 Å². The van der Waals surface area contributed by atoms with E-state index in [9.17, 15) is 0 Å². The highest BCUT2D eigenvalue weighted by molar-refractivity contribution is 6.39. The molecule has 1 aromatic heterocycles. The molecule has 0 aliphatic rings. The van der Waals surface area contributed by atoms with Crippen molar-refractivity contribution in [2.45, 2.75) is 0 Å². The van der Waals surface area contributed by atoms with Crippen molar-refractivity contribution in [3.8, 4) is 22.6 Å².